The lowest BCUT2D eigenvalue weighted by Crippen LogP contribution is -2.45. The molecule has 3 heteroatoms. The van der Waals surface area contributed by atoms with Crippen LogP contribution in [0.4, 0.5) is 0 Å². The van der Waals surface area contributed by atoms with Crippen LogP contribution in [0.5, 0.6) is 0 Å². The van der Waals surface area contributed by atoms with Crippen molar-refractivity contribution in [1.29, 1.82) is 0 Å². The quantitative estimate of drug-likeness (QED) is 0.711. The Kier molecular flexibility index (Phi) is 4.56. The molecule has 0 saturated carbocycles. The highest BCUT2D eigenvalue weighted by Gasteiger charge is 2.36. The van der Waals surface area contributed by atoms with Gasteiger partial charge in [-0.1, -0.05) is 13.8 Å². The summed E-state index contributed by atoms with van der Waals surface area (Å²) < 4.78 is 5.43. The highest BCUT2D eigenvalue weighted by atomic mass is 32.2. The molecule has 2 atom stereocenters. The Balaban J connectivity index is 2.33. The number of thioether (sulfide) groups is 1. The van der Waals surface area contributed by atoms with E-state index in [-0.39, 0.29) is 0 Å². The molecule has 0 radical (unpaired) electrons. The Bertz CT molecular complexity index is 152. The first-order valence-corrected chi connectivity index (χ1v) is 6.15. The maximum absolute atomic E-state index is 10.2. The second kappa shape index (κ2) is 5.23. The molecule has 78 valence electrons. The number of hydrogen-bond acceptors (Lipinski definition) is 3. The van der Waals surface area contributed by atoms with Crippen LogP contribution in [0.25, 0.3) is 0 Å². The monoisotopic (exact) mass is 204 g/mol. The summed E-state index contributed by atoms with van der Waals surface area (Å²) in [5.74, 6) is 1.18. The molecule has 0 amide bonds. The Morgan fingerprint density at radius 2 is 2.38 bits per heavy atom. The lowest BCUT2D eigenvalue weighted by Gasteiger charge is -2.37. The average molecular weight is 204 g/mol. The van der Waals surface area contributed by atoms with E-state index >= 15 is 0 Å². The van der Waals surface area contributed by atoms with E-state index in [1.54, 1.807) is 0 Å². The van der Waals surface area contributed by atoms with Crippen molar-refractivity contribution in [1.82, 2.24) is 0 Å². The molecule has 13 heavy (non-hydrogen) atoms. The molecule has 1 fully saturated rings. The minimum Gasteiger partial charge on any atom is -0.386 e. The van der Waals surface area contributed by atoms with Crippen LogP contribution in [0.1, 0.15) is 33.1 Å². The predicted octanol–water partition coefficient (Wildman–Crippen LogP) is 2.06. The zero-order valence-corrected chi connectivity index (χ0v) is 9.40. The van der Waals surface area contributed by atoms with Gasteiger partial charge < -0.3 is 9.84 Å². The zero-order chi connectivity index (χ0) is 9.73. The smallest absolute Gasteiger partial charge is 0.0995 e. The van der Waals surface area contributed by atoms with E-state index in [9.17, 15) is 5.11 Å². The van der Waals surface area contributed by atoms with Crippen LogP contribution in [0, 0.1) is 0 Å². The first-order chi connectivity index (χ1) is 6.19. The molecule has 2 unspecified atom stereocenters. The molecule has 0 spiro atoms. The molecule has 0 aromatic rings. The second-order valence-electron chi connectivity index (χ2n) is 3.77. The molecule has 0 aromatic heterocycles. The molecule has 1 heterocycles. The van der Waals surface area contributed by atoms with Gasteiger partial charge in [0.2, 0.25) is 0 Å². The van der Waals surface area contributed by atoms with Crippen LogP contribution in [-0.2, 0) is 4.74 Å². The fourth-order valence-electron chi connectivity index (χ4n) is 1.58. The Labute approximate surface area is 85.0 Å². The van der Waals surface area contributed by atoms with Crippen molar-refractivity contribution in [2.45, 2.75) is 44.0 Å². The summed E-state index contributed by atoms with van der Waals surface area (Å²) in [4.78, 5) is 0. The van der Waals surface area contributed by atoms with Gasteiger partial charge in [-0.2, -0.15) is 11.8 Å². The van der Waals surface area contributed by atoms with Gasteiger partial charge in [-0.15, -0.1) is 0 Å². The molecule has 0 aromatic carbocycles. The molecule has 0 bridgehead atoms. The van der Waals surface area contributed by atoms with Crippen LogP contribution in [0.3, 0.4) is 0 Å². The van der Waals surface area contributed by atoms with E-state index in [0.29, 0.717) is 11.9 Å². The maximum atomic E-state index is 10.2. The molecule has 1 rings (SSSR count). The van der Waals surface area contributed by atoms with E-state index in [2.05, 4.69) is 13.8 Å². The van der Waals surface area contributed by atoms with E-state index in [0.717, 1.165) is 25.9 Å². The van der Waals surface area contributed by atoms with Gasteiger partial charge in [0.1, 0.15) is 0 Å². The van der Waals surface area contributed by atoms with Crippen molar-refractivity contribution in [2.75, 3.05) is 19.0 Å². The van der Waals surface area contributed by atoms with Crippen molar-refractivity contribution >= 4 is 11.8 Å². The third kappa shape index (κ3) is 3.15. The molecular weight excluding hydrogens is 184 g/mol. The molecule has 1 aliphatic rings. The number of hydrogen-bond donors (Lipinski definition) is 1. The normalized spacial score (nSPS) is 34.8. The van der Waals surface area contributed by atoms with Crippen LogP contribution in [-0.4, -0.2) is 34.9 Å². The molecule has 1 N–H and O–H groups in total. The van der Waals surface area contributed by atoms with Crippen LogP contribution < -0.4 is 0 Å². The fourth-order valence-corrected chi connectivity index (χ4v) is 2.74. The summed E-state index contributed by atoms with van der Waals surface area (Å²) in [5, 5.41) is 10.5. The molecular formula is C10H20O2S. The zero-order valence-electron chi connectivity index (χ0n) is 8.58. The van der Waals surface area contributed by atoms with Crippen molar-refractivity contribution in [2.24, 2.45) is 0 Å². The Morgan fingerprint density at radius 1 is 1.62 bits per heavy atom. The van der Waals surface area contributed by atoms with Crippen LogP contribution >= 0.6 is 11.8 Å². The van der Waals surface area contributed by atoms with E-state index in [1.807, 2.05) is 11.8 Å². The van der Waals surface area contributed by atoms with Crippen LogP contribution in [0.15, 0.2) is 0 Å². The van der Waals surface area contributed by atoms with Gasteiger partial charge in [-0.05, 0) is 25.0 Å². The van der Waals surface area contributed by atoms with Gasteiger partial charge in [0.15, 0.2) is 0 Å². The van der Waals surface area contributed by atoms with Gasteiger partial charge in [0.05, 0.1) is 12.2 Å². The Hall–Kier alpha value is 0.270. The minimum absolute atomic E-state index is 0.318. The largest absolute Gasteiger partial charge is 0.386 e. The molecule has 1 aliphatic heterocycles. The van der Waals surface area contributed by atoms with E-state index in [4.69, 9.17) is 4.74 Å². The lowest BCUT2D eigenvalue weighted by atomic mass is 9.95. The number of aliphatic hydroxyl groups is 1. The van der Waals surface area contributed by atoms with Crippen molar-refractivity contribution in [3.63, 3.8) is 0 Å². The predicted molar refractivity (Wildman–Crippen MR) is 57.2 cm³/mol. The first-order valence-electron chi connectivity index (χ1n) is 5.11. The summed E-state index contributed by atoms with van der Waals surface area (Å²) >= 11 is 1.85. The summed E-state index contributed by atoms with van der Waals surface area (Å²) in [6, 6.07) is 0. The third-order valence-corrected chi connectivity index (χ3v) is 4.04. The third-order valence-electron chi connectivity index (χ3n) is 2.58. The van der Waals surface area contributed by atoms with Crippen molar-refractivity contribution in [3.05, 3.63) is 0 Å². The number of ether oxygens (including phenoxy) is 1. The minimum atomic E-state index is -0.571. The summed E-state index contributed by atoms with van der Waals surface area (Å²) in [6.07, 6.45) is 3.03. The first kappa shape index (κ1) is 11.3. The summed E-state index contributed by atoms with van der Waals surface area (Å²) in [7, 11) is 0. The molecule has 1 saturated heterocycles. The average Bonchev–Trinajstić information content (AvgIpc) is 2.11. The topological polar surface area (TPSA) is 29.5 Å². The van der Waals surface area contributed by atoms with Gasteiger partial charge in [-0.25, -0.2) is 0 Å². The molecule has 2 nitrogen and oxygen atoms in total. The van der Waals surface area contributed by atoms with Gasteiger partial charge in [-0.3, -0.25) is 0 Å². The fraction of sp³-hybridized carbons (Fsp3) is 1.00. The van der Waals surface area contributed by atoms with Gasteiger partial charge in [0, 0.05) is 11.9 Å². The highest BCUT2D eigenvalue weighted by Crippen LogP contribution is 2.33. The van der Waals surface area contributed by atoms with E-state index in [1.165, 1.54) is 5.75 Å². The second-order valence-corrected chi connectivity index (χ2v) is 5.22. The summed E-state index contributed by atoms with van der Waals surface area (Å²) in [6.45, 7) is 5.46. The maximum Gasteiger partial charge on any atom is 0.0995 e. The van der Waals surface area contributed by atoms with Gasteiger partial charge >= 0.3 is 0 Å². The van der Waals surface area contributed by atoms with Gasteiger partial charge in [0.25, 0.3) is 0 Å². The lowest BCUT2D eigenvalue weighted by molar-refractivity contribution is -0.0521. The SMILES string of the molecule is CCCOCC1(O)CCCSC1C. The Morgan fingerprint density at radius 3 is 3.00 bits per heavy atom. The van der Waals surface area contributed by atoms with Crippen molar-refractivity contribution in [3.8, 4) is 0 Å². The number of rotatable bonds is 4. The van der Waals surface area contributed by atoms with E-state index < -0.39 is 5.60 Å². The summed E-state index contributed by atoms with van der Waals surface area (Å²) in [5.41, 5.74) is -0.571. The highest BCUT2D eigenvalue weighted by molar-refractivity contribution is 8.00. The van der Waals surface area contributed by atoms with Crippen molar-refractivity contribution < 1.29 is 9.84 Å². The van der Waals surface area contributed by atoms with Crippen LogP contribution in [0.2, 0.25) is 0 Å². The molecule has 0 aliphatic carbocycles. The standard InChI is InChI=1S/C10H20O2S/c1-3-6-12-8-10(11)5-4-7-13-9(10)2/h9,11H,3-8H2,1-2H3.